The molecule has 1 atom stereocenters. The smallest absolute Gasteiger partial charge is 0.262 e. The number of furan rings is 1. The van der Waals surface area contributed by atoms with Crippen LogP contribution in [0.25, 0.3) is 0 Å². The van der Waals surface area contributed by atoms with Gasteiger partial charge >= 0.3 is 0 Å². The van der Waals surface area contributed by atoms with Crippen LogP contribution in [-0.2, 0) is 14.3 Å². The summed E-state index contributed by atoms with van der Waals surface area (Å²) in [6, 6.07) is 9.10. The zero-order valence-corrected chi connectivity index (χ0v) is 17.4. The van der Waals surface area contributed by atoms with Gasteiger partial charge in [0.1, 0.15) is 24.2 Å². The third-order valence-electron chi connectivity index (χ3n) is 4.91. The highest BCUT2D eigenvalue weighted by Crippen LogP contribution is 2.33. The number of nitrogens with zero attached hydrogens (tertiary/aromatic N) is 3. The van der Waals surface area contributed by atoms with Crippen molar-refractivity contribution in [3.63, 3.8) is 0 Å². The maximum atomic E-state index is 13.3. The van der Waals surface area contributed by atoms with Crippen LogP contribution < -0.4 is 0 Å². The molecule has 0 radical (unpaired) electrons. The second-order valence-corrected chi connectivity index (χ2v) is 7.43. The van der Waals surface area contributed by atoms with E-state index in [1.807, 2.05) is 0 Å². The van der Waals surface area contributed by atoms with Gasteiger partial charge in [-0.15, -0.1) is 0 Å². The standard InChI is InChI=1S/C22H26FN3O4/c1-15(2)22(28)25(10-12-29-3)14-21(27)26-19(20-5-4-11-30-20)13-18(24-26)16-6-8-17(23)9-7-16/h4-9,11,15,19H,10,12-14H2,1-3H3. The van der Waals surface area contributed by atoms with Gasteiger partial charge in [-0.2, -0.15) is 5.10 Å². The fourth-order valence-corrected chi connectivity index (χ4v) is 3.33. The number of hydrogen-bond donors (Lipinski definition) is 0. The molecule has 0 bridgehead atoms. The van der Waals surface area contributed by atoms with Crippen LogP contribution in [0.4, 0.5) is 4.39 Å². The maximum Gasteiger partial charge on any atom is 0.262 e. The van der Waals surface area contributed by atoms with Gasteiger partial charge in [0.05, 0.1) is 18.6 Å². The van der Waals surface area contributed by atoms with Gasteiger partial charge in [0.25, 0.3) is 5.91 Å². The van der Waals surface area contributed by atoms with Crippen LogP contribution in [0.2, 0.25) is 0 Å². The lowest BCUT2D eigenvalue weighted by Crippen LogP contribution is -2.44. The molecule has 30 heavy (non-hydrogen) atoms. The third kappa shape index (κ3) is 4.94. The van der Waals surface area contributed by atoms with Crippen LogP contribution in [0, 0.1) is 11.7 Å². The molecule has 7 nitrogen and oxygen atoms in total. The Balaban J connectivity index is 1.85. The molecule has 1 aromatic carbocycles. The van der Waals surface area contributed by atoms with Crippen LogP contribution in [0.3, 0.4) is 0 Å². The quantitative estimate of drug-likeness (QED) is 0.663. The molecule has 2 amide bonds. The predicted octanol–water partition coefficient (Wildman–Crippen LogP) is 3.23. The lowest BCUT2D eigenvalue weighted by atomic mass is 10.0. The van der Waals surface area contributed by atoms with Crippen molar-refractivity contribution >= 4 is 17.5 Å². The molecule has 0 saturated carbocycles. The minimum atomic E-state index is -0.425. The van der Waals surface area contributed by atoms with E-state index in [1.54, 1.807) is 51.5 Å². The average Bonchev–Trinajstić information content (AvgIpc) is 3.40. The van der Waals surface area contributed by atoms with Crippen molar-refractivity contribution in [2.75, 3.05) is 26.8 Å². The first-order valence-corrected chi connectivity index (χ1v) is 9.87. The van der Waals surface area contributed by atoms with Crippen LogP contribution >= 0.6 is 0 Å². The summed E-state index contributed by atoms with van der Waals surface area (Å²) in [5, 5.41) is 5.88. The molecule has 1 unspecified atom stereocenters. The molecule has 2 heterocycles. The molecule has 0 fully saturated rings. The highest BCUT2D eigenvalue weighted by molar-refractivity contribution is 6.03. The Labute approximate surface area is 175 Å². The summed E-state index contributed by atoms with van der Waals surface area (Å²) < 4.78 is 23.9. The fourth-order valence-electron chi connectivity index (χ4n) is 3.33. The summed E-state index contributed by atoms with van der Waals surface area (Å²) in [5.41, 5.74) is 1.39. The first kappa shape index (κ1) is 21.7. The van der Waals surface area contributed by atoms with Crippen LogP contribution in [0.15, 0.2) is 52.2 Å². The molecule has 1 aromatic heterocycles. The van der Waals surface area contributed by atoms with E-state index in [4.69, 9.17) is 9.15 Å². The summed E-state index contributed by atoms with van der Waals surface area (Å²) >= 11 is 0. The monoisotopic (exact) mass is 415 g/mol. The van der Waals surface area contributed by atoms with Gasteiger partial charge in [-0.25, -0.2) is 9.40 Å². The molecular formula is C22H26FN3O4. The second kappa shape index (κ2) is 9.67. The Bertz CT molecular complexity index is 894. The Morgan fingerprint density at radius 2 is 2.03 bits per heavy atom. The van der Waals surface area contributed by atoms with Crippen LogP contribution in [0.1, 0.15) is 37.6 Å². The maximum absolute atomic E-state index is 13.3. The minimum absolute atomic E-state index is 0.113. The van der Waals surface area contributed by atoms with Crippen molar-refractivity contribution in [2.24, 2.45) is 11.0 Å². The molecule has 1 aliphatic rings. The molecular weight excluding hydrogens is 389 g/mol. The summed E-state index contributed by atoms with van der Waals surface area (Å²) in [6.07, 6.45) is 1.97. The van der Waals surface area contributed by atoms with Gasteiger partial charge in [-0.3, -0.25) is 9.59 Å². The number of hydrazone groups is 1. The Morgan fingerprint density at radius 1 is 1.30 bits per heavy atom. The zero-order chi connectivity index (χ0) is 21.7. The van der Waals surface area contributed by atoms with Crippen LogP contribution in [0.5, 0.6) is 0 Å². The largest absolute Gasteiger partial charge is 0.467 e. The number of benzene rings is 1. The van der Waals surface area contributed by atoms with E-state index in [1.165, 1.54) is 22.0 Å². The van der Waals surface area contributed by atoms with Crippen molar-refractivity contribution in [3.8, 4) is 0 Å². The number of methoxy groups -OCH3 is 1. The molecule has 0 spiro atoms. The third-order valence-corrected chi connectivity index (χ3v) is 4.91. The number of halogens is 1. The van der Waals surface area contributed by atoms with Crippen molar-refractivity contribution in [1.29, 1.82) is 0 Å². The number of carbonyl (C=O) groups is 2. The van der Waals surface area contributed by atoms with E-state index < -0.39 is 6.04 Å². The molecule has 2 aromatic rings. The second-order valence-electron chi connectivity index (χ2n) is 7.43. The molecule has 0 aliphatic carbocycles. The van der Waals surface area contributed by atoms with Gasteiger partial charge in [0.2, 0.25) is 5.91 Å². The van der Waals surface area contributed by atoms with E-state index in [0.29, 0.717) is 31.0 Å². The van der Waals surface area contributed by atoms with E-state index >= 15 is 0 Å². The number of ether oxygens (including phenoxy) is 1. The number of amides is 2. The molecule has 8 heteroatoms. The number of hydrogen-bond acceptors (Lipinski definition) is 5. The Morgan fingerprint density at radius 3 is 2.63 bits per heavy atom. The molecule has 0 saturated heterocycles. The van der Waals surface area contributed by atoms with Crippen molar-refractivity contribution in [3.05, 3.63) is 59.8 Å². The number of rotatable bonds is 8. The topological polar surface area (TPSA) is 75.3 Å². The molecule has 1 aliphatic heterocycles. The van der Waals surface area contributed by atoms with Crippen molar-refractivity contribution in [1.82, 2.24) is 9.91 Å². The predicted molar refractivity (Wildman–Crippen MR) is 109 cm³/mol. The molecule has 0 N–H and O–H groups in total. The summed E-state index contributed by atoms with van der Waals surface area (Å²) in [6.45, 7) is 4.11. The van der Waals surface area contributed by atoms with Gasteiger partial charge in [0.15, 0.2) is 0 Å². The Hall–Kier alpha value is -3.00. The molecule has 3 rings (SSSR count). The lowest BCUT2D eigenvalue weighted by Gasteiger charge is -2.27. The van der Waals surface area contributed by atoms with Crippen molar-refractivity contribution < 1.29 is 23.1 Å². The van der Waals surface area contributed by atoms with E-state index in [9.17, 15) is 14.0 Å². The van der Waals surface area contributed by atoms with Gasteiger partial charge in [0, 0.05) is 26.0 Å². The van der Waals surface area contributed by atoms with E-state index in [2.05, 4.69) is 5.10 Å². The van der Waals surface area contributed by atoms with Gasteiger partial charge in [-0.1, -0.05) is 26.0 Å². The molecule has 160 valence electrons. The first-order valence-electron chi connectivity index (χ1n) is 9.87. The highest BCUT2D eigenvalue weighted by Gasteiger charge is 2.36. The zero-order valence-electron chi connectivity index (χ0n) is 17.4. The van der Waals surface area contributed by atoms with Gasteiger partial charge < -0.3 is 14.1 Å². The fraction of sp³-hybridized carbons (Fsp3) is 0.409. The average molecular weight is 415 g/mol. The van der Waals surface area contributed by atoms with E-state index in [0.717, 1.165) is 5.56 Å². The first-order chi connectivity index (χ1) is 14.4. The summed E-state index contributed by atoms with van der Waals surface area (Å²) in [7, 11) is 1.55. The Kier molecular flexibility index (Phi) is 6.99. The van der Waals surface area contributed by atoms with Gasteiger partial charge in [-0.05, 0) is 29.8 Å². The normalized spacial score (nSPS) is 16.1. The van der Waals surface area contributed by atoms with E-state index in [-0.39, 0.29) is 30.1 Å². The summed E-state index contributed by atoms with van der Waals surface area (Å²) in [4.78, 5) is 27.2. The SMILES string of the molecule is COCCN(CC(=O)N1N=C(c2ccc(F)cc2)CC1c1ccco1)C(=O)C(C)C. The minimum Gasteiger partial charge on any atom is -0.467 e. The number of carbonyl (C=O) groups excluding carboxylic acids is 2. The summed E-state index contributed by atoms with van der Waals surface area (Å²) in [5.74, 6) is -0.431. The highest BCUT2D eigenvalue weighted by atomic mass is 19.1. The van der Waals surface area contributed by atoms with Crippen molar-refractivity contribution in [2.45, 2.75) is 26.3 Å². The van der Waals surface area contributed by atoms with Crippen LogP contribution in [-0.4, -0.2) is 54.2 Å². The lowest BCUT2D eigenvalue weighted by molar-refractivity contribution is -0.144.